The Hall–Kier alpha value is -0.160. The molecule has 1 fully saturated rings. The molecule has 1 saturated carbocycles. The van der Waals surface area contributed by atoms with E-state index in [4.69, 9.17) is 10.5 Å². The molecule has 0 saturated heterocycles. The van der Waals surface area contributed by atoms with Crippen molar-refractivity contribution in [3.05, 3.63) is 0 Å². The van der Waals surface area contributed by atoms with E-state index < -0.39 is 5.60 Å². The van der Waals surface area contributed by atoms with E-state index in [2.05, 4.69) is 12.2 Å². The van der Waals surface area contributed by atoms with Crippen LogP contribution in [-0.4, -0.2) is 43.6 Å². The van der Waals surface area contributed by atoms with Gasteiger partial charge in [-0.1, -0.05) is 19.8 Å². The first kappa shape index (κ1) is 15.9. The fraction of sp³-hybridized carbons (Fsp3) is 1.00. The van der Waals surface area contributed by atoms with E-state index in [9.17, 15) is 5.11 Å². The maximum absolute atomic E-state index is 10.6. The molecule has 0 heterocycles. The molecule has 3 atom stereocenters. The van der Waals surface area contributed by atoms with Crippen LogP contribution in [-0.2, 0) is 4.74 Å². The number of nitrogens with one attached hydrogen (secondary N) is 1. The molecule has 3 unspecified atom stereocenters. The lowest BCUT2D eigenvalue weighted by atomic mass is 9.79. The monoisotopic (exact) mass is 258 g/mol. The van der Waals surface area contributed by atoms with Gasteiger partial charge in [0.1, 0.15) is 0 Å². The molecule has 108 valence electrons. The summed E-state index contributed by atoms with van der Waals surface area (Å²) in [7, 11) is 1.72. The third kappa shape index (κ3) is 5.65. The van der Waals surface area contributed by atoms with Crippen LogP contribution < -0.4 is 11.1 Å². The second-order valence-corrected chi connectivity index (χ2v) is 5.89. The third-order valence-corrected chi connectivity index (χ3v) is 3.91. The van der Waals surface area contributed by atoms with Crippen LogP contribution in [0.1, 0.15) is 45.4 Å². The van der Waals surface area contributed by atoms with Crippen molar-refractivity contribution in [2.75, 3.05) is 26.8 Å². The highest BCUT2D eigenvalue weighted by Crippen LogP contribution is 2.31. The first-order chi connectivity index (χ1) is 8.59. The molecule has 1 aliphatic rings. The van der Waals surface area contributed by atoms with Crippen LogP contribution in [0.3, 0.4) is 0 Å². The van der Waals surface area contributed by atoms with Crippen molar-refractivity contribution in [3.63, 3.8) is 0 Å². The molecule has 0 amide bonds. The summed E-state index contributed by atoms with van der Waals surface area (Å²) < 4.78 is 5.21. The average molecular weight is 258 g/mol. The molecule has 0 aromatic carbocycles. The van der Waals surface area contributed by atoms with E-state index in [1.54, 1.807) is 7.11 Å². The van der Waals surface area contributed by atoms with Crippen LogP contribution in [0, 0.1) is 5.92 Å². The molecule has 4 nitrogen and oxygen atoms in total. The molecule has 4 heteroatoms. The van der Waals surface area contributed by atoms with Gasteiger partial charge in [-0.3, -0.25) is 0 Å². The number of aliphatic hydroxyl groups is 1. The molecular weight excluding hydrogens is 228 g/mol. The zero-order chi connectivity index (χ0) is 13.4. The van der Waals surface area contributed by atoms with Crippen molar-refractivity contribution in [1.29, 1.82) is 0 Å². The van der Waals surface area contributed by atoms with Gasteiger partial charge in [0.25, 0.3) is 0 Å². The van der Waals surface area contributed by atoms with E-state index in [1.807, 2.05) is 0 Å². The minimum Gasteiger partial charge on any atom is -0.389 e. The Morgan fingerprint density at radius 3 is 2.94 bits per heavy atom. The smallest absolute Gasteiger partial charge is 0.0774 e. The lowest BCUT2D eigenvalue weighted by Crippen LogP contribution is -2.48. The van der Waals surface area contributed by atoms with Crippen LogP contribution in [0.5, 0.6) is 0 Å². The molecule has 0 aliphatic heterocycles. The van der Waals surface area contributed by atoms with Crippen LogP contribution in [0.25, 0.3) is 0 Å². The molecule has 0 radical (unpaired) electrons. The SMILES string of the molecule is COCC(CCCN)NCC1(O)CCCC(C)C1. The molecular formula is C14H30N2O2. The van der Waals surface area contributed by atoms with Gasteiger partial charge in [0.15, 0.2) is 0 Å². The highest BCUT2D eigenvalue weighted by atomic mass is 16.5. The fourth-order valence-corrected chi connectivity index (χ4v) is 2.94. The molecule has 1 rings (SSSR count). The molecule has 0 aromatic rings. The van der Waals surface area contributed by atoms with Crippen molar-refractivity contribution in [1.82, 2.24) is 5.32 Å². The van der Waals surface area contributed by atoms with E-state index in [0.29, 0.717) is 31.7 Å². The standard InChI is InChI=1S/C14H30N2O2/c1-12-5-3-7-14(17,9-12)11-16-13(10-18-2)6-4-8-15/h12-13,16-17H,3-11,15H2,1-2H3. The second kappa shape index (κ2) is 8.10. The molecule has 18 heavy (non-hydrogen) atoms. The Kier molecular flexibility index (Phi) is 7.15. The summed E-state index contributed by atoms with van der Waals surface area (Å²) in [4.78, 5) is 0. The summed E-state index contributed by atoms with van der Waals surface area (Å²) in [5.74, 6) is 0.635. The number of ether oxygens (including phenoxy) is 1. The van der Waals surface area contributed by atoms with Crippen molar-refractivity contribution in [3.8, 4) is 0 Å². The van der Waals surface area contributed by atoms with Gasteiger partial charge in [-0.2, -0.15) is 0 Å². The lowest BCUT2D eigenvalue weighted by molar-refractivity contribution is -0.0159. The minimum atomic E-state index is -0.521. The number of nitrogens with two attached hydrogens (primary N) is 1. The first-order valence-corrected chi connectivity index (χ1v) is 7.24. The highest BCUT2D eigenvalue weighted by Gasteiger charge is 2.32. The molecule has 0 spiro atoms. The summed E-state index contributed by atoms with van der Waals surface area (Å²) in [6.07, 6.45) is 6.22. The summed E-state index contributed by atoms with van der Waals surface area (Å²) >= 11 is 0. The van der Waals surface area contributed by atoms with Crippen molar-refractivity contribution in [2.24, 2.45) is 11.7 Å². The van der Waals surface area contributed by atoms with Crippen LogP contribution >= 0.6 is 0 Å². The molecule has 4 N–H and O–H groups in total. The van der Waals surface area contributed by atoms with E-state index in [1.165, 1.54) is 6.42 Å². The number of methoxy groups -OCH3 is 1. The zero-order valence-corrected chi connectivity index (χ0v) is 12.0. The zero-order valence-electron chi connectivity index (χ0n) is 12.0. The van der Waals surface area contributed by atoms with Gasteiger partial charge < -0.3 is 20.9 Å². The molecule has 1 aliphatic carbocycles. The van der Waals surface area contributed by atoms with Crippen molar-refractivity contribution in [2.45, 2.75) is 57.1 Å². The number of rotatable bonds is 8. The average Bonchev–Trinajstić information content (AvgIpc) is 2.32. The maximum atomic E-state index is 10.6. The summed E-state index contributed by atoms with van der Waals surface area (Å²) in [6, 6.07) is 0.305. The van der Waals surface area contributed by atoms with Crippen molar-refractivity contribution < 1.29 is 9.84 Å². The third-order valence-electron chi connectivity index (χ3n) is 3.91. The lowest BCUT2D eigenvalue weighted by Gasteiger charge is -2.36. The van der Waals surface area contributed by atoms with Gasteiger partial charge in [-0.05, 0) is 38.1 Å². The molecule has 0 bridgehead atoms. The van der Waals surface area contributed by atoms with Crippen LogP contribution in [0.4, 0.5) is 0 Å². The quantitative estimate of drug-likeness (QED) is 0.613. The molecule has 0 aromatic heterocycles. The van der Waals surface area contributed by atoms with Crippen molar-refractivity contribution >= 4 is 0 Å². The second-order valence-electron chi connectivity index (χ2n) is 5.89. The summed E-state index contributed by atoms with van der Waals surface area (Å²) in [5, 5.41) is 14.0. The van der Waals surface area contributed by atoms with E-state index >= 15 is 0 Å². The maximum Gasteiger partial charge on any atom is 0.0774 e. The van der Waals surface area contributed by atoms with Crippen LogP contribution in [0.15, 0.2) is 0 Å². The van der Waals surface area contributed by atoms with Gasteiger partial charge in [-0.25, -0.2) is 0 Å². The number of hydrogen-bond donors (Lipinski definition) is 3. The fourth-order valence-electron chi connectivity index (χ4n) is 2.94. The van der Waals surface area contributed by atoms with Gasteiger partial charge in [0.2, 0.25) is 0 Å². The van der Waals surface area contributed by atoms with Gasteiger partial charge in [-0.15, -0.1) is 0 Å². The Morgan fingerprint density at radius 1 is 1.56 bits per heavy atom. The Balaban J connectivity index is 2.34. The van der Waals surface area contributed by atoms with Crippen LogP contribution in [0.2, 0.25) is 0 Å². The van der Waals surface area contributed by atoms with Gasteiger partial charge in [0, 0.05) is 19.7 Å². The van der Waals surface area contributed by atoms with Gasteiger partial charge in [0.05, 0.1) is 12.2 Å². The Bertz CT molecular complexity index is 226. The highest BCUT2D eigenvalue weighted by molar-refractivity contribution is 4.88. The predicted molar refractivity (Wildman–Crippen MR) is 74.5 cm³/mol. The van der Waals surface area contributed by atoms with E-state index in [0.717, 1.165) is 32.1 Å². The summed E-state index contributed by atoms with van der Waals surface area (Å²) in [6.45, 7) is 4.30. The Morgan fingerprint density at radius 2 is 2.33 bits per heavy atom. The predicted octanol–water partition coefficient (Wildman–Crippen LogP) is 1.27. The van der Waals surface area contributed by atoms with E-state index in [-0.39, 0.29) is 0 Å². The first-order valence-electron chi connectivity index (χ1n) is 7.24. The summed E-state index contributed by atoms with van der Waals surface area (Å²) in [5.41, 5.74) is 5.02. The van der Waals surface area contributed by atoms with Gasteiger partial charge >= 0.3 is 0 Å². The topological polar surface area (TPSA) is 67.5 Å². The normalized spacial score (nSPS) is 30.3. The number of hydrogen-bond acceptors (Lipinski definition) is 4. The minimum absolute atomic E-state index is 0.305. The largest absolute Gasteiger partial charge is 0.389 e. The Labute approximate surface area is 111 Å².